The second-order valence-corrected chi connectivity index (χ2v) is 10.7. The summed E-state index contributed by atoms with van der Waals surface area (Å²) in [6.07, 6.45) is 17.7. The van der Waals surface area contributed by atoms with Crippen molar-refractivity contribution in [3.63, 3.8) is 0 Å². The van der Waals surface area contributed by atoms with Gasteiger partial charge in [0.1, 0.15) is 0 Å². The molecule has 4 atom stereocenters. The van der Waals surface area contributed by atoms with Crippen molar-refractivity contribution >= 4 is 47.5 Å². The number of thiophene rings is 2. The standard InChI is InChI=1S/C24H28N4S2/c1-2-6-22-21(5-1)25-13-17-9-10-19(29-17)15-27-23-7-3-4-8-24(23)28-16-20-12-11-18(30-20)14-26-22/h9-16,21-24H,1-8H2/t21-,22-,23-,24-/m1/s1. The Balaban J connectivity index is 1.47. The molecule has 2 saturated carbocycles. The summed E-state index contributed by atoms with van der Waals surface area (Å²) in [5.41, 5.74) is 0. The monoisotopic (exact) mass is 436 g/mol. The fourth-order valence-corrected chi connectivity index (χ4v) is 6.11. The Morgan fingerprint density at radius 2 is 0.733 bits per heavy atom. The molecule has 4 nitrogen and oxygen atoms in total. The van der Waals surface area contributed by atoms with Crippen molar-refractivity contribution in [2.45, 2.75) is 75.5 Å². The molecule has 0 N–H and O–H groups in total. The van der Waals surface area contributed by atoms with Gasteiger partial charge >= 0.3 is 0 Å². The van der Waals surface area contributed by atoms with Crippen LogP contribution < -0.4 is 0 Å². The first-order valence-electron chi connectivity index (χ1n) is 11.2. The quantitative estimate of drug-likeness (QED) is 0.499. The average Bonchev–Trinajstić information content (AvgIpc) is 3.43. The largest absolute Gasteiger partial charge is 0.286 e. The molecule has 4 bridgehead atoms. The summed E-state index contributed by atoms with van der Waals surface area (Å²) < 4.78 is 0. The van der Waals surface area contributed by atoms with Gasteiger partial charge in [0.25, 0.3) is 0 Å². The summed E-state index contributed by atoms with van der Waals surface area (Å²) in [6.45, 7) is 0. The van der Waals surface area contributed by atoms with Crippen LogP contribution in [0.4, 0.5) is 0 Å². The van der Waals surface area contributed by atoms with Gasteiger partial charge in [-0.05, 0) is 49.9 Å². The first-order chi connectivity index (χ1) is 14.8. The first kappa shape index (κ1) is 20.0. The minimum atomic E-state index is 0.289. The highest BCUT2D eigenvalue weighted by molar-refractivity contribution is 7.15. The molecular weight excluding hydrogens is 408 g/mol. The second-order valence-electron chi connectivity index (χ2n) is 8.43. The molecule has 0 spiro atoms. The Morgan fingerprint density at radius 3 is 1.00 bits per heavy atom. The predicted molar refractivity (Wildman–Crippen MR) is 131 cm³/mol. The zero-order chi connectivity index (χ0) is 20.2. The van der Waals surface area contributed by atoms with Gasteiger partial charge in [-0.3, -0.25) is 20.0 Å². The van der Waals surface area contributed by atoms with Gasteiger partial charge in [-0.15, -0.1) is 22.7 Å². The van der Waals surface area contributed by atoms with E-state index in [0.29, 0.717) is 0 Å². The number of fused-ring (bicyclic) bond motifs is 6. The summed E-state index contributed by atoms with van der Waals surface area (Å²) in [6, 6.07) is 9.80. The van der Waals surface area contributed by atoms with E-state index >= 15 is 0 Å². The Labute approximate surface area is 186 Å². The van der Waals surface area contributed by atoms with Crippen LogP contribution >= 0.6 is 22.7 Å². The minimum absolute atomic E-state index is 0.289. The van der Waals surface area contributed by atoms with E-state index in [1.54, 1.807) is 22.7 Å². The fraction of sp³-hybridized carbons (Fsp3) is 0.500. The van der Waals surface area contributed by atoms with E-state index in [1.807, 2.05) is 0 Å². The molecule has 0 radical (unpaired) electrons. The number of nitrogens with zero attached hydrogens (tertiary/aromatic N) is 4. The Kier molecular flexibility index (Phi) is 6.32. The Hall–Kier alpha value is -1.92. The Bertz CT molecular complexity index is 816. The first-order valence-corrected chi connectivity index (χ1v) is 12.8. The molecule has 2 aromatic heterocycles. The zero-order valence-corrected chi connectivity index (χ0v) is 18.8. The molecule has 0 amide bonds. The van der Waals surface area contributed by atoms with Gasteiger partial charge in [-0.2, -0.15) is 0 Å². The van der Waals surface area contributed by atoms with Gasteiger partial charge in [-0.1, -0.05) is 25.7 Å². The highest BCUT2D eigenvalue weighted by Gasteiger charge is 2.24. The van der Waals surface area contributed by atoms with Gasteiger partial charge in [0.15, 0.2) is 0 Å². The third kappa shape index (κ3) is 4.86. The molecule has 0 unspecified atom stereocenters. The van der Waals surface area contributed by atoms with E-state index in [0.717, 1.165) is 25.7 Å². The maximum atomic E-state index is 4.95. The summed E-state index contributed by atoms with van der Waals surface area (Å²) in [5.74, 6) is 0. The van der Waals surface area contributed by atoms with Crippen LogP contribution in [0.1, 0.15) is 70.9 Å². The second kappa shape index (κ2) is 9.48. The van der Waals surface area contributed by atoms with E-state index in [4.69, 9.17) is 20.0 Å². The summed E-state index contributed by atoms with van der Waals surface area (Å²) in [5, 5.41) is 0. The van der Waals surface area contributed by atoms with Gasteiger partial charge in [0.05, 0.1) is 24.2 Å². The lowest BCUT2D eigenvalue weighted by molar-refractivity contribution is 0.390. The van der Waals surface area contributed by atoms with Crippen molar-refractivity contribution in [3.8, 4) is 0 Å². The lowest BCUT2D eigenvalue weighted by Crippen LogP contribution is -2.27. The van der Waals surface area contributed by atoms with Crippen LogP contribution in [-0.4, -0.2) is 49.0 Å². The molecule has 0 aromatic carbocycles. The van der Waals surface area contributed by atoms with Crippen LogP contribution in [0.3, 0.4) is 0 Å². The number of hydrogen-bond donors (Lipinski definition) is 0. The van der Waals surface area contributed by atoms with Gasteiger partial charge < -0.3 is 0 Å². The molecule has 2 aromatic rings. The molecule has 30 heavy (non-hydrogen) atoms. The molecule has 3 heterocycles. The van der Waals surface area contributed by atoms with Gasteiger partial charge in [-0.25, -0.2) is 0 Å². The minimum Gasteiger partial charge on any atom is -0.286 e. The van der Waals surface area contributed by atoms with Crippen molar-refractivity contribution in [1.82, 2.24) is 0 Å². The highest BCUT2D eigenvalue weighted by atomic mass is 32.1. The molecule has 6 heteroatoms. The molecule has 2 aliphatic carbocycles. The zero-order valence-electron chi connectivity index (χ0n) is 17.2. The van der Waals surface area contributed by atoms with Crippen molar-refractivity contribution in [1.29, 1.82) is 0 Å². The SMILES string of the molecule is C1=N[C@@H]2CCCC[C@H]2N=Cc2ccc(s2)C=N[C@@H]2CCCC[C@H]2N=Cc2ccc1s2. The molecule has 2 fully saturated rings. The smallest absolute Gasteiger partial charge is 0.0723 e. The van der Waals surface area contributed by atoms with E-state index in [2.05, 4.69) is 49.1 Å². The summed E-state index contributed by atoms with van der Waals surface area (Å²) >= 11 is 3.54. The molecule has 3 aliphatic rings. The fourth-order valence-electron chi connectivity index (χ4n) is 4.57. The third-order valence-electron chi connectivity index (χ3n) is 6.26. The van der Waals surface area contributed by atoms with E-state index in [9.17, 15) is 0 Å². The predicted octanol–water partition coefficient (Wildman–Crippen LogP) is 5.82. The average molecular weight is 437 g/mol. The van der Waals surface area contributed by atoms with Crippen LogP contribution in [0.15, 0.2) is 44.2 Å². The normalized spacial score (nSPS) is 29.1. The molecule has 5 rings (SSSR count). The van der Waals surface area contributed by atoms with Crippen LogP contribution in [0.25, 0.3) is 0 Å². The number of rotatable bonds is 0. The number of hydrogen-bond acceptors (Lipinski definition) is 6. The van der Waals surface area contributed by atoms with E-state index < -0.39 is 0 Å². The topological polar surface area (TPSA) is 49.4 Å². The maximum absolute atomic E-state index is 4.95. The van der Waals surface area contributed by atoms with Crippen LogP contribution in [0.5, 0.6) is 0 Å². The van der Waals surface area contributed by atoms with Gasteiger partial charge in [0, 0.05) is 44.4 Å². The summed E-state index contributed by atoms with van der Waals surface area (Å²) in [4.78, 5) is 24.6. The van der Waals surface area contributed by atoms with Crippen molar-refractivity contribution in [3.05, 3.63) is 43.8 Å². The summed E-state index contributed by atoms with van der Waals surface area (Å²) in [7, 11) is 0. The highest BCUT2D eigenvalue weighted by Crippen LogP contribution is 2.27. The molecule has 1 aliphatic heterocycles. The van der Waals surface area contributed by atoms with Crippen molar-refractivity contribution < 1.29 is 0 Å². The lowest BCUT2D eigenvalue weighted by atomic mass is 9.91. The molecular formula is C24H28N4S2. The number of aliphatic imine (C=N–C) groups is 4. The van der Waals surface area contributed by atoms with Crippen LogP contribution in [-0.2, 0) is 0 Å². The third-order valence-corrected chi connectivity index (χ3v) is 8.16. The Morgan fingerprint density at radius 1 is 0.467 bits per heavy atom. The van der Waals surface area contributed by atoms with Crippen molar-refractivity contribution in [2.24, 2.45) is 20.0 Å². The lowest BCUT2D eigenvalue weighted by Gasteiger charge is -2.25. The molecule has 0 saturated heterocycles. The van der Waals surface area contributed by atoms with Crippen molar-refractivity contribution in [2.75, 3.05) is 0 Å². The van der Waals surface area contributed by atoms with Crippen LogP contribution in [0, 0.1) is 0 Å². The van der Waals surface area contributed by atoms with Crippen LogP contribution in [0.2, 0.25) is 0 Å². The van der Waals surface area contributed by atoms with E-state index in [-0.39, 0.29) is 24.2 Å². The maximum Gasteiger partial charge on any atom is 0.0723 e. The van der Waals surface area contributed by atoms with E-state index in [1.165, 1.54) is 45.2 Å². The molecule has 156 valence electrons. The van der Waals surface area contributed by atoms with Gasteiger partial charge in [0.2, 0.25) is 0 Å².